The van der Waals surface area contributed by atoms with Crippen LogP contribution in [0, 0.1) is 27.7 Å². The summed E-state index contributed by atoms with van der Waals surface area (Å²) < 4.78 is 2.16. The molecule has 0 N–H and O–H groups in total. The zero-order valence-electron chi connectivity index (χ0n) is 29.4. The van der Waals surface area contributed by atoms with Gasteiger partial charge in [-0.2, -0.15) is 0 Å². The molecule has 254 valence electrons. The van der Waals surface area contributed by atoms with Gasteiger partial charge in [0, 0.05) is 33.4 Å². The molecule has 1 aliphatic rings. The molecule has 0 radical (unpaired) electrons. The second-order valence-electron chi connectivity index (χ2n) is 13.4. The van der Waals surface area contributed by atoms with Crippen LogP contribution in [0.25, 0.3) is 33.9 Å². The van der Waals surface area contributed by atoms with Gasteiger partial charge in [-0.25, -0.2) is 15.0 Å². The topological polar surface area (TPSA) is 42.5 Å². The molecule has 52 heavy (non-hydrogen) atoms. The molecule has 0 spiro atoms. The van der Waals surface area contributed by atoms with Gasteiger partial charge >= 0.3 is 0 Å². The number of hydrogen-bond acceptors (Lipinski definition) is 3. The molecule has 0 saturated carbocycles. The summed E-state index contributed by atoms with van der Waals surface area (Å²) in [4.78, 5) is 17.0. The van der Waals surface area contributed by atoms with E-state index in [0.29, 0.717) is 15.9 Å². The largest absolute Gasteiger partial charge is 0.275 e. The first-order valence-electron chi connectivity index (χ1n) is 17.3. The first-order valence-corrected chi connectivity index (χ1v) is 18.1. The molecule has 0 atom stereocenters. The quantitative estimate of drug-likeness (QED) is 0.162. The van der Waals surface area contributed by atoms with Gasteiger partial charge in [0.25, 0.3) is 5.79 Å². The smallest absolute Gasteiger partial charge is 0.263 e. The zero-order chi connectivity index (χ0) is 36.0. The molecular formula is C46H36Cl2N4. The molecular weight excluding hydrogens is 679 g/mol. The molecule has 6 aromatic carbocycles. The third-order valence-corrected chi connectivity index (χ3v) is 10.3. The molecule has 6 heteroatoms. The van der Waals surface area contributed by atoms with Crippen LogP contribution >= 0.6 is 23.2 Å². The number of aryl methyl sites for hydroxylation is 4. The molecule has 0 amide bonds. The Morgan fingerprint density at radius 3 is 1.37 bits per heavy atom. The van der Waals surface area contributed by atoms with Gasteiger partial charge in [0.1, 0.15) is 5.82 Å². The highest BCUT2D eigenvalue weighted by atomic mass is 35.5. The summed E-state index contributed by atoms with van der Waals surface area (Å²) >= 11 is 14.3. The summed E-state index contributed by atoms with van der Waals surface area (Å²) in [6, 6.07) is 49.5. The molecule has 0 unspecified atom stereocenters. The number of nitrogens with zero attached hydrogens (tertiary/aromatic N) is 4. The monoisotopic (exact) mass is 714 g/mol. The van der Waals surface area contributed by atoms with E-state index in [4.69, 9.17) is 38.2 Å². The molecule has 1 aliphatic heterocycles. The minimum Gasteiger partial charge on any atom is -0.275 e. The Morgan fingerprint density at radius 1 is 0.462 bits per heavy atom. The van der Waals surface area contributed by atoms with E-state index in [2.05, 4.69) is 129 Å². The Morgan fingerprint density at radius 2 is 0.885 bits per heavy atom. The van der Waals surface area contributed by atoms with Crippen LogP contribution in [0.15, 0.2) is 156 Å². The van der Waals surface area contributed by atoms with Gasteiger partial charge in [-0.05, 0) is 45.9 Å². The number of aliphatic imine (C=N–C) groups is 2. The summed E-state index contributed by atoms with van der Waals surface area (Å²) in [6.45, 7) is 8.36. The Bertz CT molecular complexity index is 2430. The van der Waals surface area contributed by atoms with Crippen molar-refractivity contribution < 1.29 is 0 Å². The number of hydrogen-bond donors (Lipinski definition) is 0. The average molecular weight is 716 g/mol. The van der Waals surface area contributed by atoms with E-state index in [1.807, 2.05) is 48.5 Å². The average Bonchev–Trinajstić information content (AvgIpc) is 3.74. The maximum absolute atomic E-state index is 7.26. The normalized spacial score (nSPS) is 13.6. The lowest BCUT2D eigenvalue weighted by Gasteiger charge is -2.30. The lowest BCUT2D eigenvalue weighted by atomic mass is 9.99. The highest BCUT2D eigenvalue weighted by Gasteiger charge is 2.46. The van der Waals surface area contributed by atoms with E-state index in [9.17, 15) is 0 Å². The Labute approximate surface area is 314 Å². The van der Waals surface area contributed by atoms with Crippen molar-refractivity contribution in [2.45, 2.75) is 33.5 Å². The second-order valence-corrected chi connectivity index (χ2v) is 14.3. The van der Waals surface area contributed by atoms with E-state index in [-0.39, 0.29) is 0 Å². The summed E-state index contributed by atoms with van der Waals surface area (Å²) in [7, 11) is 0. The highest BCUT2D eigenvalue weighted by molar-refractivity contribution is 6.54. The fourth-order valence-corrected chi connectivity index (χ4v) is 7.26. The van der Waals surface area contributed by atoms with Crippen molar-refractivity contribution in [3.63, 3.8) is 0 Å². The van der Waals surface area contributed by atoms with Crippen LogP contribution in [0.2, 0.25) is 10.0 Å². The van der Waals surface area contributed by atoms with Crippen molar-refractivity contribution in [3.05, 3.63) is 195 Å². The highest BCUT2D eigenvalue weighted by Crippen LogP contribution is 2.48. The Balaban J connectivity index is 1.58. The molecule has 0 fully saturated rings. The molecule has 0 aliphatic carbocycles. The van der Waals surface area contributed by atoms with Gasteiger partial charge in [0.05, 0.1) is 32.9 Å². The lowest BCUT2D eigenvalue weighted by Crippen LogP contribution is -2.31. The minimum atomic E-state index is -1.43. The third-order valence-electron chi connectivity index (χ3n) is 9.60. The fourth-order valence-electron chi connectivity index (χ4n) is 6.78. The van der Waals surface area contributed by atoms with Gasteiger partial charge in [-0.15, -0.1) is 0 Å². The van der Waals surface area contributed by atoms with E-state index >= 15 is 0 Å². The van der Waals surface area contributed by atoms with Gasteiger partial charge in [0.15, 0.2) is 0 Å². The van der Waals surface area contributed by atoms with Crippen molar-refractivity contribution in [1.29, 1.82) is 0 Å². The summed E-state index contributed by atoms with van der Waals surface area (Å²) in [5.41, 5.74) is 13.1. The lowest BCUT2D eigenvalue weighted by molar-refractivity contribution is 0.409. The van der Waals surface area contributed by atoms with E-state index in [1.165, 1.54) is 0 Å². The van der Waals surface area contributed by atoms with Crippen LogP contribution in [-0.2, 0) is 5.79 Å². The van der Waals surface area contributed by atoms with Crippen molar-refractivity contribution in [2.75, 3.05) is 0 Å². The number of imidazole rings is 1. The van der Waals surface area contributed by atoms with E-state index in [1.54, 1.807) is 0 Å². The van der Waals surface area contributed by atoms with Crippen molar-refractivity contribution in [2.24, 2.45) is 9.98 Å². The van der Waals surface area contributed by atoms with Crippen molar-refractivity contribution >= 4 is 34.6 Å². The molecule has 1 aromatic heterocycles. The van der Waals surface area contributed by atoms with E-state index < -0.39 is 5.79 Å². The fraction of sp³-hybridized carbons (Fsp3) is 0.109. The van der Waals surface area contributed by atoms with Crippen LogP contribution < -0.4 is 0 Å². The first kappa shape index (κ1) is 33.6. The zero-order valence-corrected chi connectivity index (χ0v) is 30.9. The first-order chi connectivity index (χ1) is 25.2. The van der Waals surface area contributed by atoms with Gasteiger partial charge in [-0.1, -0.05) is 173 Å². The number of aromatic nitrogens is 2. The SMILES string of the molecule is Cc1ccc(C2=NC(c3ccccc3Cl)(n3c(-c4ccccc4Cl)nc(-c4ccc(C)cc4)c3-c3ccc(C)cc3)N=C2c2ccc(C)cc2)cc1. The summed E-state index contributed by atoms with van der Waals surface area (Å²) in [5.74, 6) is -0.804. The minimum absolute atomic E-state index is 0.536. The van der Waals surface area contributed by atoms with Crippen molar-refractivity contribution in [3.8, 4) is 33.9 Å². The number of halogens is 2. The van der Waals surface area contributed by atoms with Crippen LogP contribution in [0.5, 0.6) is 0 Å². The van der Waals surface area contributed by atoms with Crippen LogP contribution in [0.4, 0.5) is 0 Å². The Hall–Kier alpha value is -5.55. The molecule has 4 nitrogen and oxygen atoms in total. The molecule has 2 heterocycles. The van der Waals surface area contributed by atoms with Gasteiger partial charge < -0.3 is 0 Å². The van der Waals surface area contributed by atoms with Crippen molar-refractivity contribution in [1.82, 2.24) is 9.55 Å². The number of rotatable bonds is 7. The summed E-state index contributed by atoms with van der Waals surface area (Å²) in [6.07, 6.45) is 0. The summed E-state index contributed by atoms with van der Waals surface area (Å²) in [5, 5.41) is 1.10. The van der Waals surface area contributed by atoms with Crippen LogP contribution in [-0.4, -0.2) is 21.0 Å². The van der Waals surface area contributed by atoms with Gasteiger partial charge in [0.2, 0.25) is 0 Å². The second kappa shape index (κ2) is 13.5. The maximum Gasteiger partial charge on any atom is 0.263 e. The maximum atomic E-state index is 7.26. The Kier molecular flexibility index (Phi) is 8.74. The van der Waals surface area contributed by atoms with Crippen LogP contribution in [0.1, 0.15) is 38.9 Å². The molecule has 0 bridgehead atoms. The van der Waals surface area contributed by atoms with Gasteiger partial charge in [-0.3, -0.25) is 4.57 Å². The standard InChI is InChI=1S/C46H36Cl2N4/c1-29-13-21-33(22-14-29)41-42(34-23-15-30(2)16-24-34)51-46(50-41,38-10-6-8-12-40(38)48)52-44(36-27-19-32(4)20-28-36)43(35-25-17-31(3)18-26-35)49-45(52)37-9-5-7-11-39(37)47/h5-28H,1-4H3. The molecule has 7 aromatic rings. The molecule has 0 saturated heterocycles. The number of benzene rings is 6. The predicted molar refractivity (Wildman–Crippen MR) is 217 cm³/mol. The van der Waals surface area contributed by atoms with E-state index in [0.717, 1.165) is 78.4 Å². The van der Waals surface area contributed by atoms with Crippen LogP contribution in [0.3, 0.4) is 0 Å². The third kappa shape index (κ3) is 5.98. The molecule has 8 rings (SSSR count). The predicted octanol–water partition coefficient (Wildman–Crippen LogP) is 12.1.